The molecule has 0 aliphatic heterocycles. The van der Waals surface area contributed by atoms with Gasteiger partial charge in [0.1, 0.15) is 17.6 Å². The maximum absolute atomic E-state index is 11.7. The third kappa shape index (κ3) is 9.95. The minimum absolute atomic E-state index is 0. The van der Waals surface area contributed by atoms with Crippen LogP contribution in [0, 0.1) is 23.8 Å². The zero-order chi connectivity index (χ0) is 35.0. The third-order valence-corrected chi connectivity index (χ3v) is 8.96. The number of aliphatic hydroxyl groups is 1. The molecule has 0 unspecified atom stereocenters. The number of aliphatic hydroxyl groups excluding tert-OH is 1. The van der Waals surface area contributed by atoms with Crippen molar-refractivity contribution < 1.29 is 34.4 Å². The third-order valence-electron chi connectivity index (χ3n) is 8.96. The van der Waals surface area contributed by atoms with E-state index in [0.29, 0.717) is 5.92 Å². The van der Waals surface area contributed by atoms with Crippen molar-refractivity contribution in [2.24, 2.45) is 17.8 Å². The molecule has 5 rings (SSSR count). The molecule has 0 bridgehead atoms. The van der Waals surface area contributed by atoms with Crippen LogP contribution in [0.15, 0.2) is 77.3 Å². The Hall–Kier alpha value is -3.67. The first kappa shape index (κ1) is 39.8. The molecule has 5 aromatic rings. The van der Waals surface area contributed by atoms with Gasteiger partial charge in [0.25, 0.3) is 0 Å². The summed E-state index contributed by atoms with van der Waals surface area (Å²) in [4.78, 5) is 25.4. The van der Waals surface area contributed by atoms with E-state index in [4.69, 9.17) is 4.42 Å². The summed E-state index contributed by atoms with van der Waals surface area (Å²) in [7, 11) is 0. The molecular weight excluding hydrogens is 787 g/mol. The van der Waals surface area contributed by atoms with Crippen molar-refractivity contribution in [2.45, 2.75) is 99.8 Å². The molecule has 263 valence electrons. The maximum atomic E-state index is 11.7. The first-order valence-electron chi connectivity index (χ1n) is 17.5. The topological polar surface area (TPSA) is 89.1 Å². The van der Waals surface area contributed by atoms with E-state index in [1.807, 2.05) is 52.1 Å². The van der Waals surface area contributed by atoms with Gasteiger partial charge in [-0.1, -0.05) is 91.5 Å². The number of hydrogen-bond donors (Lipinski definition) is 1. The number of nitrogens with zero attached hydrogens (tertiary/aromatic N) is 3. The Balaban J connectivity index is 0.000000347. The monoisotopic (exact) mass is 839 g/mol. The standard InChI is InChI=1S/C29H28N3O.C13H24O2.Ir/c1-18(2)12-21-15-27-28(33-21)23(10-11-30-27)26-16-25(31-17-32-26)20-13-19-8-6-7-9-22(19)24(14-20)29(3,4)5;1-5-10(6-2)12(14)9-13(15)11(7-3)8-4;/h6-11,14-18H,12H2,1-5H3;9-11,14H,5-8H2,1-4H3;/q-1;;/b;12-9-;. The SMILES string of the molecule is CC(C)Cc1cc2nccc(-c3cc(-c4[c-]c5ccccc5c(C(C)(C)C)c4)ncn3)c2o1.CCC(CC)C(=O)/C=C(\O)C(CC)CC.[Ir]. The molecule has 0 aliphatic rings. The van der Waals surface area contributed by atoms with Crippen LogP contribution < -0.4 is 0 Å². The zero-order valence-electron chi connectivity index (χ0n) is 30.6. The first-order chi connectivity index (χ1) is 22.9. The number of aromatic nitrogens is 3. The summed E-state index contributed by atoms with van der Waals surface area (Å²) in [5.74, 6) is 2.01. The number of ketones is 1. The molecule has 2 aromatic carbocycles. The fourth-order valence-corrected chi connectivity index (χ4v) is 6.11. The van der Waals surface area contributed by atoms with Crippen LogP contribution in [0.1, 0.15) is 99.3 Å². The second kappa shape index (κ2) is 17.8. The Bertz CT molecular complexity index is 1860. The Morgan fingerprint density at radius 2 is 1.55 bits per heavy atom. The molecule has 6 nitrogen and oxygen atoms in total. The van der Waals surface area contributed by atoms with Crippen molar-refractivity contribution in [3.05, 3.63) is 90.3 Å². The van der Waals surface area contributed by atoms with Crippen LogP contribution in [-0.4, -0.2) is 25.8 Å². The van der Waals surface area contributed by atoms with E-state index in [-0.39, 0.29) is 48.9 Å². The number of hydrogen-bond acceptors (Lipinski definition) is 6. The van der Waals surface area contributed by atoms with Gasteiger partial charge < -0.3 is 9.52 Å². The molecule has 0 aliphatic carbocycles. The molecule has 0 saturated carbocycles. The van der Waals surface area contributed by atoms with Gasteiger partial charge in [0.05, 0.1) is 11.5 Å². The van der Waals surface area contributed by atoms with Crippen molar-refractivity contribution >= 4 is 27.7 Å². The predicted molar refractivity (Wildman–Crippen MR) is 198 cm³/mol. The molecule has 1 N–H and O–H groups in total. The molecule has 0 fully saturated rings. The van der Waals surface area contributed by atoms with Crippen molar-refractivity contribution in [1.82, 2.24) is 15.0 Å². The summed E-state index contributed by atoms with van der Waals surface area (Å²) in [5.41, 5.74) is 6.46. The summed E-state index contributed by atoms with van der Waals surface area (Å²) in [5, 5.41) is 12.1. The summed E-state index contributed by atoms with van der Waals surface area (Å²) >= 11 is 0. The molecule has 3 heterocycles. The average Bonchev–Trinajstić information content (AvgIpc) is 3.47. The van der Waals surface area contributed by atoms with Crippen LogP contribution in [0.25, 0.3) is 44.4 Å². The summed E-state index contributed by atoms with van der Waals surface area (Å²) < 4.78 is 6.20. The maximum Gasteiger partial charge on any atom is 0.162 e. The smallest absolute Gasteiger partial charge is 0.162 e. The van der Waals surface area contributed by atoms with Gasteiger partial charge in [0.2, 0.25) is 0 Å². The minimum atomic E-state index is -0.00242. The molecule has 0 atom stereocenters. The second-order valence-corrected chi connectivity index (χ2v) is 14.1. The number of fused-ring (bicyclic) bond motifs is 2. The molecule has 0 saturated heterocycles. The quantitative estimate of drug-likeness (QED) is 0.0810. The van der Waals surface area contributed by atoms with Gasteiger partial charge in [-0.15, -0.1) is 29.1 Å². The normalized spacial score (nSPS) is 12.0. The number of rotatable bonds is 11. The van der Waals surface area contributed by atoms with E-state index in [0.717, 1.165) is 76.9 Å². The van der Waals surface area contributed by atoms with Gasteiger partial charge in [-0.3, -0.25) is 14.8 Å². The Labute approximate surface area is 306 Å². The number of allylic oxidation sites excluding steroid dienone is 2. The Morgan fingerprint density at radius 3 is 2.18 bits per heavy atom. The van der Waals surface area contributed by atoms with Crippen LogP contribution in [0.2, 0.25) is 0 Å². The number of furan rings is 1. The molecular formula is C42H52IrN3O3-. The molecule has 3 aromatic heterocycles. The van der Waals surface area contributed by atoms with Crippen LogP contribution in [0.5, 0.6) is 0 Å². The average molecular weight is 839 g/mol. The Morgan fingerprint density at radius 1 is 0.898 bits per heavy atom. The molecule has 0 amide bonds. The van der Waals surface area contributed by atoms with Crippen LogP contribution in [-0.2, 0) is 36.7 Å². The van der Waals surface area contributed by atoms with E-state index in [1.54, 1.807) is 6.33 Å². The van der Waals surface area contributed by atoms with E-state index in [2.05, 4.69) is 86.0 Å². The zero-order valence-corrected chi connectivity index (χ0v) is 33.0. The summed E-state index contributed by atoms with van der Waals surface area (Å²) in [6, 6.07) is 20.2. The predicted octanol–water partition coefficient (Wildman–Crippen LogP) is 11.3. The van der Waals surface area contributed by atoms with Crippen molar-refractivity contribution in [3.63, 3.8) is 0 Å². The van der Waals surface area contributed by atoms with Crippen LogP contribution >= 0.6 is 0 Å². The number of pyridine rings is 1. The first-order valence-corrected chi connectivity index (χ1v) is 17.5. The van der Waals surface area contributed by atoms with E-state index < -0.39 is 0 Å². The minimum Gasteiger partial charge on any atom is -0.512 e. The summed E-state index contributed by atoms with van der Waals surface area (Å²) in [6.07, 6.45) is 9.22. The van der Waals surface area contributed by atoms with Gasteiger partial charge >= 0.3 is 0 Å². The molecule has 0 spiro atoms. The molecule has 7 heteroatoms. The van der Waals surface area contributed by atoms with Gasteiger partial charge in [0.15, 0.2) is 11.4 Å². The van der Waals surface area contributed by atoms with E-state index >= 15 is 0 Å². The second-order valence-electron chi connectivity index (χ2n) is 14.1. The van der Waals surface area contributed by atoms with E-state index in [9.17, 15) is 9.90 Å². The van der Waals surface area contributed by atoms with Crippen LogP contribution in [0.3, 0.4) is 0 Å². The van der Waals surface area contributed by atoms with Gasteiger partial charge in [0, 0.05) is 68.0 Å². The molecule has 1 radical (unpaired) electrons. The Kier molecular flexibility index (Phi) is 14.5. The molecule has 49 heavy (non-hydrogen) atoms. The number of benzene rings is 2. The summed E-state index contributed by atoms with van der Waals surface area (Å²) in [6.45, 7) is 19.2. The number of carbonyl (C=O) groups is 1. The van der Waals surface area contributed by atoms with E-state index in [1.165, 1.54) is 17.0 Å². The van der Waals surface area contributed by atoms with Crippen molar-refractivity contribution in [3.8, 4) is 22.5 Å². The van der Waals surface area contributed by atoms with Gasteiger partial charge in [-0.25, -0.2) is 4.98 Å². The van der Waals surface area contributed by atoms with Crippen LogP contribution in [0.4, 0.5) is 0 Å². The van der Waals surface area contributed by atoms with Gasteiger partial charge in [-0.05, 0) is 49.1 Å². The van der Waals surface area contributed by atoms with Crippen molar-refractivity contribution in [1.29, 1.82) is 0 Å². The fourth-order valence-electron chi connectivity index (χ4n) is 6.11. The van der Waals surface area contributed by atoms with Crippen molar-refractivity contribution in [2.75, 3.05) is 0 Å². The number of carbonyl (C=O) groups excluding carboxylic acids is 1. The fraction of sp³-hybridized carbons (Fsp3) is 0.429. The van der Waals surface area contributed by atoms with Gasteiger partial charge in [-0.2, -0.15) is 0 Å². The largest absolute Gasteiger partial charge is 0.512 e.